The van der Waals surface area contributed by atoms with Crippen LogP contribution in [0.1, 0.15) is 11.7 Å². The van der Waals surface area contributed by atoms with Gasteiger partial charge in [0.15, 0.2) is 0 Å². The summed E-state index contributed by atoms with van der Waals surface area (Å²) in [6.45, 7) is 0. The van der Waals surface area contributed by atoms with E-state index in [0.717, 1.165) is 5.56 Å². The molecule has 0 amide bonds. The van der Waals surface area contributed by atoms with Crippen LogP contribution in [0.2, 0.25) is 5.02 Å². The summed E-state index contributed by atoms with van der Waals surface area (Å²) in [5.74, 6) is 0.116. The van der Waals surface area contributed by atoms with E-state index < -0.39 is 12.1 Å². The van der Waals surface area contributed by atoms with Crippen LogP contribution in [0.3, 0.4) is 0 Å². The Morgan fingerprint density at radius 3 is 2.26 bits per heavy atom. The van der Waals surface area contributed by atoms with Crippen LogP contribution in [-0.4, -0.2) is 13.1 Å². The molecule has 2 rings (SSSR count). The minimum atomic E-state index is -0.785. The molecule has 3 nitrogen and oxygen atoms in total. The van der Waals surface area contributed by atoms with Gasteiger partial charge in [-0.05, 0) is 24.3 Å². The highest BCUT2D eigenvalue weighted by Gasteiger charge is 2.23. The number of methoxy groups -OCH3 is 1. The van der Waals surface area contributed by atoms with Crippen LogP contribution >= 0.6 is 11.6 Å². The molecule has 2 aromatic rings. The van der Waals surface area contributed by atoms with Gasteiger partial charge in [-0.2, -0.15) is 0 Å². The predicted molar refractivity (Wildman–Crippen MR) is 73.3 cm³/mol. The van der Waals surface area contributed by atoms with Gasteiger partial charge in [-0.15, -0.1) is 0 Å². The Balaban J connectivity index is 2.24. The van der Waals surface area contributed by atoms with E-state index >= 15 is 0 Å². The van der Waals surface area contributed by atoms with E-state index in [2.05, 4.69) is 0 Å². The maximum Gasteiger partial charge on any atom is 0.351 e. The molecule has 1 atom stereocenters. The first-order valence-corrected chi connectivity index (χ1v) is 6.13. The second-order valence-electron chi connectivity index (χ2n) is 3.89. The predicted octanol–water partition coefficient (Wildman–Crippen LogP) is 3.63. The molecule has 0 fully saturated rings. The van der Waals surface area contributed by atoms with Crippen LogP contribution in [0, 0.1) is 0 Å². The average molecular weight is 277 g/mol. The Bertz CT molecular complexity index is 537. The summed E-state index contributed by atoms with van der Waals surface area (Å²) < 4.78 is 10.4. The number of hydrogen-bond acceptors (Lipinski definition) is 3. The number of hydrogen-bond donors (Lipinski definition) is 0. The zero-order chi connectivity index (χ0) is 13.7. The number of benzene rings is 2. The van der Waals surface area contributed by atoms with Crippen molar-refractivity contribution in [1.29, 1.82) is 0 Å². The molecule has 0 aliphatic carbocycles. The van der Waals surface area contributed by atoms with Crippen molar-refractivity contribution < 1.29 is 14.3 Å². The van der Waals surface area contributed by atoms with Gasteiger partial charge in [0.2, 0.25) is 6.10 Å². The van der Waals surface area contributed by atoms with Gasteiger partial charge in [-0.25, -0.2) is 4.79 Å². The monoisotopic (exact) mass is 276 g/mol. The van der Waals surface area contributed by atoms with Gasteiger partial charge in [0.05, 0.1) is 7.11 Å². The van der Waals surface area contributed by atoms with Crippen molar-refractivity contribution in [1.82, 2.24) is 0 Å². The third kappa shape index (κ3) is 3.48. The second-order valence-corrected chi connectivity index (χ2v) is 4.32. The third-order valence-electron chi connectivity index (χ3n) is 2.59. The summed E-state index contributed by atoms with van der Waals surface area (Å²) in [4.78, 5) is 11.8. The lowest BCUT2D eigenvalue weighted by molar-refractivity contribution is -0.149. The van der Waals surface area contributed by atoms with Crippen LogP contribution in [-0.2, 0) is 9.53 Å². The molecule has 0 N–H and O–H groups in total. The van der Waals surface area contributed by atoms with E-state index in [0.29, 0.717) is 10.8 Å². The molecule has 0 radical (unpaired) electrons. The van der Waals surface area contributed by atoms with Crippen molar-refractivity contribution in [3.63, 3.8) is 0 Å². The fraction of sp³-hybridized carbons (Fsp3) is 0.133. The van der Waals surface area contributed by atoms with Gasteiger partial charge in [0.25, 0.3) is 0 Å². The maximum atomic E-state index is 11.8. The fourth-order valence-electron chi connectivity index (χ4n) is 1.64. The molecule has 0 aliphatic heterocycles. The van der Waals surface area contributed by atoms with Crippen molar-refractivity contribution in [2.24, 2.45) is 0 Å². The van der Waals surface area contributed by atoms with Crippen molar-refractivity contribution in [2.75, 3.05) is 7.11 Å². The van der Waals surface area contributed by atoms with E-state index in [1.54, 1.807) is 24.3 Å². The van der Waals surface area contributed by atoms with Crippen molar-refractivity contribution in [3.05, 3.63) is 65.2 Å². The first-order chi connectivity index (χ1) is 9.20. The Morgan fingerprint density at radius 2 is 1.68 bits per heavy atom. The molecule has 0 saturated carbocycles. The molecule has 0 aromatic heterocycles. The zero-order valence-electron chi connectivity index (χ0n) is 10.4. The first-order valence-electron chi connectivity index (χ1n) is 5.75. The molecular formula is C15H13ClO3. The van der Waals surface area contributed by atoms with Crippen molar-refractivity contribution >= 4 is 17.6 Å². The normalized spacial score (nSPS) is 11.7. The lowest BCUT2D eigenvalue weighted by Crippen LogP contribution is -2.20. The number of carbonyl (C=O) groups is 1. The molecule has 2 aromatic carbocycles. The molecule has 0 saturated heterocycles. The summed E-state index contributed by atoms with van der Waals surface area (Å²) in [6, 6.07) is 16.0. The Labute approximate surface area is 116 Å². The molecular weight excluding hydrogens is 264 g/mol. The van der Waals surface area contributed by atoms with Gasteiger partial charge in [0.1, 0.15) is 5.75 Å². The molecule has 0 aliphatic rings. The molecule has 4 heteroatoms. The average Bonchev–Trinajstić information content (AvgIpc) is 2.47. The van der Waals surface area contributed by atoms with Crippen LogP contribution < -0.4 is 4.74 Å². The highest BCUT2D eigenvalue weighted by Crippen LogP contribution is 2.24. The molecule has 0 bridgehead atoms. The van der Waals surface area contributed by atoms with E-state index in [1.807, 2.05) is 30.3 Å². The number of halogens is 1. The highest BCUT2D eigenvalue weighted by atomic mass is 35.5. The minimum Gasteiger partial charge on any atom is -0.474 e. The Morgan fingerprint density at radius 1 is 1.05 bits per heavy atom. The lowest BCUT2D eigenvalue weighted by atomic mass is 10.1. The van der Waals surface area contributed by atoms with Crippen molar-refractivity contribution in [2.45, 2.75) is 6.10 Å². The summed E-state index contributed by atoms with van der Waals surface area (Å²) in [6.07, 6.45) is -0.785. The van der Waals surface area contributed by atoms with Crippen LogP contribution in [0.15, 0.2) is 54.6 Å². The van der Waals surface area contributed by atoms with E-state index in [4.69, 9.17) is 21.1 Å². The van der Waals surface area contributed by atoms with E-state index in [-0.39, 0.29) is 0 Å². The first kappa shape index (κ1) is 13.4. The van der Waals surface area contributed by atoms with Gasteiger partial charge >= 0.3 is 5.97 Å². The largest absolute Gasteiger partial charge is 0.474 e. The Hall–Kier alpha value is -2.00. The molecule has 98 valence electrons. The summed E-state index contributed by atoms with van der Waals surface area (Å²) >= 11 is 5.81. The fourth-order valence-corrected chi connectivity index (χ4v) is 1.76. The minimum absolute atomic E-state index is 0.443. The van der Waals surface area contributed by atoms with Gasteiger partial charge in [-0.1, -0.05) is 41.9 Å². The van der Waals surface area contributed by atoms with E-state index in [1.165, 1.54) is 7.11 Å². The van der Waals surface area contributed by atoms with E-state index in [9.17, 15) is 4.79 Å². The Kier molecular flexibility index (Phi) is 4.42. The van der Waals surface area contributed by atoms with Crippen LogP contribution in [0.5, 0.6) is 5.75 Å². The molecule has 1 unspecified atom stereocenters. The number of carbonyl (C=O) groups excluding carboxylic acids is 1. The summed E-state index contributed by atoms with van der Waals surface area (Å²) in [7, 11) is 1.34. The summed E-state index contributed by atoms with van der Waals surface area (Å²) in [5, 5.41) is 0.613. The third-order valence-corrected chi connectivity index (χ3v) is 2.84. The van der Waals surface area contributed by atoms with Gasteiger partial charge < -0.3 is 9.47 Å². The highest BCUT2D eigenvalue weighted by molar-refractivity contribution is 6.30. The lowest BCUT2D eigenvalue weighted by Gasteiger charge is -2.17. The topological polar surface area (TPSA) is 35.5 Å². The van der Waals surface area contributed by atoms with Crippen molar-refractivity contribution in [3.8, 4) is 5.75 Å². The number of esters is 1. The molecule has 19 heavy (non-hydrogen) atoms. The second kappa shape index (κ2) is 6.25. The SMILES string of the molecule is COC(=O)C(Oc1ccc(Cl)cc1)c1ccccc1. The smallest absolute Gasteiger partial charge is 0.351 e. The van der Waals surface area contributed by atoms with Gasteiger partial charge in [-0.3, -0.25) is 0 Å². The quantitative estimate of drug-likeness (QED) is 0.800. The molecule has 0 spiro atoms. The maximum absolute atomic E-state index is 11.8. The number of ether oxygens (including phenoxy) is 2. The number of rotatable bonds is 4. The standard InChI is InChI=1S/C15H13ClO3/c1-18-15(17)14(11-5-3-2-4-6-11)19-13-9-7-12(16)8-10-13/h2-10,14H,1H3. The molecule has 0 heterocycles. The van der Waals surface area contributed by atoms with Gasteiger partial charge in [0, 0.05) is 10.6 Å². The zero-order valence-corrected chi connectivity index (χ0v) is 11.1. The summed E-state index contributed by atoms with van der Waals surface area (Å²) in [5.41, 5.74) is 0.740. The van der Waals surface area contributed by atoms with Crippen LogP contribution in [0.25, 0.3) is 0 Å². The van der Waals surface area contributed by atoms with Crippen LogP contribution in [0.4, 0.5) is 0 Å².